The highest BCUT2D eigenvalue weighted by Gasteiger charge is 2.09. The lowest BCUT2D eigenvalue weighted by atomic mass is 10.2. The molecule has 0 aliphatic rings. The van der Waals surface area contributed by atoms with Crippen LogP contribution in [-0.2, 0) is 17.9 Å². The number of ether oxygens (including phenoxy) is 2. The van der Waals surface area contributed by atoms with Crippen LogP contribution in [0, 0.1) is 0 Å². The Hall–Kier alpha value is -2.49. The third-order valence-electron chi connectivity index (χ3n) is 4.26. The molecule has 2 N–H and O–H groups in total. The molecule has 0 aliphatic heterocycles. The summed E-state index contributed by atoms with van der Waals surface area (Å²) in [5.74, 6) is 2.12. The van der Waals surface area contributed by atoms with Gasteiger partial charge in [0.1, 0.15) is 11.5 Å². The lowest BCUT2D eigenvalue weighted by Crippen LogP contribution is -2.38. The molecule has 7 nitrogen and oxygen atoms in total. The van der Waals surface area contributed by atoms with Gasteiger partial charge in [-0.3, -0.25) is 4.79 Å². The fraction of sp³-hybridized carbons (Fsp3) is 0.364. The highest BCUT2D eigenvalue weighted by molar-refractivity contribution is 14.0. The molecule has 0 atom stereocenters. The third kappa shape index (κ3) is 7.74. The maximum absolute atomic E-state index is 11.4. The zero-order chi connectivity index (χ0) is 21.2. The summed E-state index contributed by atoms with van der Waals surface area (Å²) in [7, 11) is 5.24. The number of guanidine groups is 1. The van der Waals surface area contributed by atoms with Crippen molar-refractivity contribution in [3.8, 4) is 11.5 Å². The van der Waals surface area contributed by atoms with Crippen molar-refractivity contribution < 1.29 is 14.3 Å². The number of methoxy groups -OCH3 is 2. The zero-order valence-electron chi connectivity index (χ0n) is 18.2. The molecule has 2 rings (SSSR count). The number of nitrogens with zero attached hydrogens (tertiary/aromatic N) is 2. The molecule has 8 heteroatoms. The molecule has 2 aromatic carbocycles. The fourth-order valence-corrected chi connectivity index (χ4v) is 2.86. The highest BCUT2D eigenvalue weighted by Crippen LogP contribution is 2.25. The minimum Gasteiger partial charge on any atom is -0.497 e. The summed E-state index contributed by atoms with van der Waals surface area (Å²) in [6, 6.07) is 13.7. The van der Waals surface area contributed by atoms with Gasteiger partial charge in [-0.2, -0.15) is 0 Å². The first-order valence-electron chi connectivity index (χ1n) is 9.53. The molecule has 2 aromatic rings. The fourth-order valence-electron chi connectivity index (χ4n) is 2.86. The SMILES string of the molecule is CCNC(=NCc1ccc(OC)c(NC(C)=O)c1)N(C)Cc1ccc(OC)cc1.I. The summed E-state index contributed by atoms with van der Waals surface area (Å²) >= 11 is 0. The molecular formula is C22H31IN4O3. The predicted octanol–water partition coefficient (Wildman–Crippen LogP) is 3.88. The number of hydrogen-bond donors (Lipinski definition) is 2. The number of amides is 1. The summed E-state index contributed by atoms with van der Waals surface area (Å²) in [6.07, 6.45) is 0. The van der Waals surface area contributed by atoms with Crippen LogP contribution in [0.1, 0.15) is 25.0 Å². The Morgan fingerprint density at radius 1 is 1.07 bits per heavy atom. The molecule has 0 aromatic heterocycles. The van der Waals surface area contributed by atoms with Crippen LogP contribution >= 0.6 is 24.0 Å². The second-order valence-corrected chi connectivity index (χ2v) is 6.59. The van der Waals surface area contributed by atoms with Gasteiger partial charge in [-0.25, -0.2) is 4.99 Å². The Labute approximate surface area is 195 Å². The van der Waals surface area contributed by atoms with Crippen molar-refractivity contribution in [3.05, 3.63) is 53.6 Å². The Morgan fingerprint density at radius 2 is 1.73 bits per heavy atom. The van der Waals surface area contributed by atoms with Crippen LogP contribution in [0.2, 0.25) is 0 Å². The number of halogens is 1. The van der Waals surface area contributed by atoms with Gasteiger partial charge >= 0.3 is 0 Å². The average Bonchev–Trinajstić information content (AvgIpc) is 2.71. The second kappa shape index (κ2) is 12.9. The molecule has 0 saturated heterocycles. The molecule has 164 valence electrons. The third-order valence-corrected chi connectivity index (χ3v) is 4.26. The Morgan fingerprint density at radius 3 is 2.30 bits per heavy atom. The van der Waals surface area contributed by atoms with Gasteiger partial charge in [0.15, 0.2) is 5.96 Å². The first-order valence-corrected chi connectivity index (χ1v) is 9.53. The van der Waals surface area contributed by atoms with Crippen LogP contribution in [0.5, 0.6) is 11.5 Å². The smallest absolute Gasteiger partial charge is 0.221 e. The van der Waals surface area contributed by atoms with E-state index in [-0.39, 0.29) is 29.9 Å². The van der Waals surface area contributed by atoms with Crippen molar-refractivity contribution in [1.29, 1.82) is 0 Å². The van der Waals surface area contributed by atoms with E-state index in [2.05, 4.69) is 15.5 Å². The molecule has 0 aliphatic carbocycles. The van der Waals surface area contributed by atoms with E-state index < -0.39 is 0 Å². The largest absolute Gasteiger partial charge is 0.497 e. The molecule has 0 spiro atoms. The Balaban J connectivity index is 0.00000450. The van der Waals surface area contributed by atoms with E-state index in [0.717, 1.165) is 35.9 Å². The summed E-state index contributed by atoms with van der Waals surface area (Å²) in [5.41, 5.74) is 2.78. The number of benzene rings is 2. The number of rotatable bonds is 8. The van der Waals surface area contributed by atoms with E-state index in [0.29, 0.717) is 18.0 Å². The molecule has 0 heterocycles. The molecule has 0 bridgehead atoms. The summed E-state index contributed by atoms with van der Waals surface area (Å²) in [4.78, 5) is 18.2. The van der Waals surface area contributed by atoms with Crippen LogP contribution in [0.15, 0.2) is 47.5 Å². The molecule has 0 saturated carbocycles. The molecular weight excluding hydrogens is 495 g/mol. The van der Waals surface area contributed by atoms with Gasteiger partial charge in [0.05, 0.1) is 26.5 Å². The highest BCUT2D eigenvalue weighted by atomic mass is 127. The van der Waals surface area contributed by atoms with Crippen molar-refractivity contribution in [2.75, 3.05) is 33.1 Å². The van der Waals surface area contributed by atoms with Crippen LogP contribution in [0.25, 0.3) is 0 Å². The molecule has 0 unspecified atom stereocenters. The van der Waals surface area contributed by atoms with E-state index in [1.165, 1.54) is 6.92 Å². The normalized spacial score (nSPS) is 10.6. The van der Waals surface area contributed by atoms with Crippen LogP contribution < -0.4 is 20.1 Å². The predicted molar refractivity (Wildman–Crippen MR) is 132 cm³/mol. The lowest BCUT2D eigenvalue weighted by Gasteiger charge is -2.22. The van der Waals surface area contributed by atoms with Gasteiger partial charge in [-0.1, -0.05) is 18.2 Å². The van der Waals surface area contributed by atoms with Crippen molar-refractivity contribution >= 4 is 41.5 Å². The summed E-state index contributed by atoms with van der Waals surface area (Å²) in [6.45, 7) is 5.48. The van der Waals surface area contributed by atoms with Gasteiger partial charge in [-0.05, 0) is 42.3 Å². The topological polar surface area (TPSA) is 75.2 Å². The average molecular weight is 526 g/mol. The van der Waals surface area contributed by atoms with Crippen molar-refractivity contribution in [3.63, 3.8) is 0 Å². The standard InChI is InChI=1S/C22H30N4O3.HI/c1-6-23-22(26(3)15-17-7-10-19(28-4)11-8-17)24-14-18-9-12-21(29-5)20(13-18)25-16(2)27;/h7-13H,6,14-15H2,1-5H3,(H,23,24)(H,25,27);1H. The van der Waals surface area contributed by atoms with E-state index in [4.69, 9.17) is 14.5 Å². The van der Waals surface area contributed by atoms with Crippen molar-refractivity contribution in [1.82, 2.24) is 10.2 Å². The molecule has 0 fully saturated rings. The van der Waals surface area contributed by atoms with Crippen LogP contribution in [-0.4, -0.2) is 44.6 Å². The first kappa shape index (κ1) is 25.5. The Bertz CT molecular complexity index is 841. The Kier molecular flexibility index (Phi) is 11.0. The molecule has 1 amide bonds. The quantitative estimate of drug-likeness (QED) is 0.310. The number of hydrogen-bond acceptors (Lipinski definition) is 4. The molecule has 30 heavy (non-hydrogen) atoms. The number of aliphatic imine (C=N–C) groups is 1. The van der Waals surface area contributed by atoms with Gasteiger partial charge < -0.3 is 25.0 Å². The monoisotopic (exact) mass is 526 g/mol. The maximum Gasteiger partial charge on any atom is 0.221 e. The number of carbonyl (C=O) groups is 1. The van der Waals surface area contributed by atoms with Crippen LogP contribution in [0.4, 0.5) is 5.69 Å². The van der Waals surface area contributed by atoms with Gasteiger partial charge in [0.25, 0.3) is 0 Å². The minimum atomic E-state index is -0.142. The molecule has 0 radical (unpaired) electrons. The minimum absolute atomic E-state index is 0. The van der Waals surface area contributed by atoms with Gasteiger partial charge in [-0.15, -0.1) is 24.0 Å². The van der Waals surface area contributed by atoms with Crippen LogP contribution in [0.3, 0.4) is 0 Å². The summed E-state index contributed by atoms with van der Waals surface area (Å²) in [5, 5.41) is 6.12. The van der Waals surface area contributed by atoms with Crippen molar-refractivity contribution in [2.45, 2.75) is 26.9 Å². The maximum atomic E-state index is 11.4. The number of nitrogens with one attached hydrogen (secondary N) is 2. The van der Waals surface area contributed by atoms with Gasteiger partial charge in [0, 0.05) is 27.1 Å². The first-order chi connectivity index (χ1) is 14.0. The van der Waals surface area contributed by atoms with Gasteiger partial charge in [0.2, 0.25) is 5.91 Å². The van der Waals surface area contributed by atoms with E-state index in [1.807, 2.05) is 56.4 Å². The number of anilines is 1. The van der Waals surface area contributed by atoms with Crippen molar-refractivity contribution in [2.24, 2.45) is 4.99 Å². The summed E-state index contributed by atoms with van der Waals surface area (Å²) < 4.78 is 10.5. The second-order valence-electron chi connectivity index (χ2n) is 6.59. The lowest BCUT2D eigenvalue weighted by molar-refractivity contribution is -0.114. The zero-order valence-corrected chi connectivity index (χ0v) is 20.5. The number of carbonyl (C=O) groups excluding carboxylic acids is 1. The van der Waals surface area contributed by atoms with E-state index in [1.54, 1.807) is 14.2 Å². The van der Waals surface area contributed by atoms with E-state index >= 15 is 0 Å². The van der Waals surface area contributed by atoms with E-state index in [9.17, 15) is 4.79 Å².